The fraction of sp³-hybridized carbons (Fsp3) is 0.107. The number of benzene rings is 4. The van der Waals surface area contributed by atoms with Gasteiger partial charge in [0, 0.05) is 56.5 Å². The van der Waals surface area contributed by atoms with E-state index in [4.69, 9.17) is 74.7 Å². The maximum Gasteiger partial charge on any atom is 3.00 e. The number of anilines is 1. The second-order valence-corrected chi connectivity index (χ2v) is 10.7. The third-order valence-electron chi connectivity index (χ3n) is 5.50. The van der Waals surface area contributed by atoms with E-state index in [1.807, 2.05) is 0 Å². The van der Waals surface area contributed by atoms with Gasteiger partial charge >= 0.3 is 16.8 Å². The molecule has 1 N–H and O–H groups in total. The topological polar surface area (TPSA) is 105 Å². The van der Waals surface area contributed by atoms with Gasteiger partial charge in [-0.3, -0.25) is 4.99 Å². The molecule has 0 aromatic heterocycles. The first-order chi connectivity index (χ1) is 19.0. The van der Waals surface area contributed by atoms with Gasteiger partial charge in [0.05, 0.1) is 11.4 Å². The molecule has 0 heterocycles. The number of aliphatic imine (C=N–C) groups is 1. The largest absolute Gasteiger partial charge is 3.00 e. The Balaban J connectivity index is 0.00000192. The summed E-state index contributed by atoms with van der Waals surface area (Å²) in [5.41, 5.74) is 1.76. The summed E-state index contributed by atoms with van der Waals surface area (Å²) < 4.78 is 0. The van der Waals surface area contributed by atoms with Gasteiger partial charge in [-0.05, 0) is 65.2 Å². The van der Waals surface area contributed by atoms with Crippen LogP contribution in [0.3, 0.4) is 0 Å². The third-order valence-corrected chi connectivity index (χ3v) is 6.99. The molecule has 0 spiro atoms. The molecular weight excluding hydrogens is 700 g/mol. The number of halogens is 6. The molecule has 0 radical (unpaired) electrons. The molecule has 41 heavy (non-hydrogen) atoms. The van der Waals surface area contributed by atoms with Crippen molar-refractivity contribution in [3.05, 3.63) is 107 Å². The summed E-state index contributed by atoms with van der Waals surface area (Å²) in [6, 6.07) is 15.5. The van der Waals surface area contributed by atoms with Crippen molar-refractivity contribution in [1.29, 1.82) is 0 Å². The van der Waals surface area contributed by atoms with E-state index >= 15 is 0 Å². The molecule has 0 amide bonds. The zero-order valence-electron chi connectivity index (χ0n) is 20.9. The minimum absolute atomic E-state index is 0. The first kappa shape index (κ1) is 35.2. The second-order valence-electron chi connectivity index (χ2n) is 8.16. The summed E-state index contributed by atoms with van der Waals surface area (Å²) in [5.74, 6) is -1.24. The van der Waals surface area contributed by atoms with Gasteiger partial charge in [-0.15, -0.1) is 0 Å². The number of hydrogen-bond acceptors (Lipinski definition) is 6. The maximum atomic E-state index is 12.8. The summed E-state index contributed by atoms with van der Waals surface area (Å²) in [5, 5.41) is 45.8. The van der Waals surface area contributed by atoms with Crippen LogP contribution in [0.5, 0.6) is 17.2 Å². The monoisotopic (exact) mass is 716 g/mol. The molecule has 0 unspecified atom stereocenters. The molecule has 6 nitrogen and oxygen atoms in total. The summed E-state index contributed by atoms with van der Waals surface area (Å²) in [7, 11) is 1.00. The van der Waals surface area contributed by atoms with Gasteiger partial charge in [-0.2, -0.15) is 0 Å². The Kier molecular flexibility index (Phi) is 13.7. The maximum absolute atomic E-state index is 12.8. The Morgan fingerprint density at radius 3 is 1.63 bits per heavy atom. The third kappa shape index (κ3) is 8.97. The molecule has 0 fully saturated rings. The molecule has 4 aromatic carbocycles. The van der Waals surface area contributed by atoms with Gasteiger partial charge in [0.25, 0.3) is 0 Å². The zero-order chi connectivity index (χ0) is 29.6. The van der Waals surface area contributed by atoms with Crippen LogP contribution in [0.4, 0.5) is 11.4 Å². The van der Waals surface area contributed by atoms with E-state index in [1.54, 1.807) is 29.2 Å². The fourth-order valence-corrected chi connectivity index (χ4v) is 5.34. The van der Waals surface area contributed by atoms with Crippen LogP contribution in [0, 0.1) is 0 Å². The number of aliphatic hydroxyl groups excluding tert-OH is 1. The van der Waals surface area contributed by atoms with Crippen LogP contribution in [0.15, 0.2) is 65.7 Å². The standard InChI is InChI=1S/C27H18Cl6N2O3.CH4O.Co/c28-17-5-14(25(36)20(31)8-17)11-34-23-3-1-2-4-24(23)35(12-15-6-18(29)9-21(32)26(15)37)13-16-7-19(30)10-22(33)27(16)38;1-2;/h1-11,36-38H,12-13H2;2H,1H3;/q;;+3/p-3. The first-order valence-corrected chi connectivity index (χ1v) is 13.6. The van der Waals surface area contributed by atoms with Gasteiger partial charge < -0.3 is 25.3 Å². The van der Waals surface area contributed by atoms with E-state index < -0.39 is 17.2 Å². The number of rotatable bonds is 7. The number of nitrogens with zero attached hydrogens (tertiary/aromatic N) is 2. The average Bonchev–Trinajstić information content (AvgIpc) is 2.91. The molecule has 216 valence electrons. The summed E-state index contributed by atoms with van der Waals surface area (Å²) in [6.07, 6.45) is 1.35. The molecule has 0 aliphatic rings. The molecule has 0 atom stereocenters. The molecule has 0 saturated carbocycles. The van der Waals surface area contributed by atoms with Gasteiger partial charge in [-0.1, -0.05) is 99.0 Å². The van der Waals surface area contributed by atoms with E-state index in [0.717, 1.165) is 7.11 Å². The Morgan fingerprint density at radius 1 is 0.683 bits per heavy atom. The Hall–Kier alpha value is -2.04. The molecule has 13 heteroatoms. The van der Waals surface area contributed by atoms with Crippen LogP contribution >= 0.6 is 69.6 Å². The van der Waals surface area contributed by atoms with Crippen LogP contribution in [-0.4, -0.2) is 18.4 Å². The average molecular weight is 719 g/mol. The van der Waals surface area contributed by atoms with Crippen LogP contribution in [-0.2, 0) is 29.9 Å². The molecule has 0 saturated heterocycles. The predicted molar refractivity (Wildman–Crippen MR) is 159 cm³/mol. The van der Waals surface area contributed by atoms with Gasteiger partial charge in [0.1, 0.15) is 0 Å². The Morgan fingerprint density at radius 2 is 1.12 bits per heavy atom. The van der Waals surface area contributed by atoms with E-state index in [1.165, 1.54) is 42.6 Å². The van der Waals surface area contributed by atoms with Crippen molar-refractivity contribution < 1.29 is 37.2 Å². The van der Waals surface area contributed by atoms with Gasteiger partial charge in [0.15, 0.2) is 0 Å². The molecule has 0 aliphatic heterocycles. The minimum Gasteiger partial charge on any atom is -0.871 e. The van der Waals surface area contributed by atoms with Crippen molar-refractivity contribution in [2.75, 3.05) is 12.0 Å². The Bertz CT molecular complexity index is 1500. The normalized spacial score (nSPS) is 10.6. The molecule has 4 rings (SSSR count). The molecular formula is C28H19Cl6CoN2O4. The van der Waals surface area contributed by atoms with Gasteiger partial charge in [0.2, 0.25) is 0 Å². The zero-order valence-corrected chi connectivity index (χ0v) is 26.5. The molecule has 0 bridgehead atoms. The van der Waals surface area contributed by atoms with Crippen molar-refractivity contribution in [3.63, 3.8) is 0 Å². The van der Waals surface area contributed by atoms with Crippen LogP contribution in [0.2, 0.25) is 30.1 Å². The fourth-order valence-electron chi connectivity index (χ4n) is 3.76. The number of hydrogen-bond donors (Lipinski definition) is 1. The number of aliphatic hydroxyl groups is 1. The van der Waals surface area contributed by atoms with E-state index in [9.17, 15) is 15.3 Å². The van der Waals surface area contributed by atoms with Crippen molar-refractivity contribution in [2.45, 2.75) is 13.1 Å². The Labute approximate surface area is 277 Å². The van der Waals surface area contributed by atoms with Gasteiger partial charge in [-0.25, -0.2) is 0 Å². The van der Waals surface area contributed by atoms with Crippen LogP contribution < -0.4 is 20.2 Å². The van der Waals surface area contributed by atoms with Crippen LogP contribution in [0.1, 0.15) is 16.7 Å². The minimum atomic E-state index is -0.428. The van der Waals surface area contributed by atoms with Crippen molar-refractivity contribution in [2.24, 2.45) is 4.99 Å². The summed E-state index contributed by atoms with van der Waals surface area (Å²) in [6.45, 7) is 0.0377. The van der Waals surface area contributed by atoms with E-state index in [-0.39, 0.29) is 65.6 Å². The predicted octanol–water partition coefficient (Wildman–Crippen LogP) is 7.39. The first-order valence-electron chi connectivity index (χ1n) is 11.3. The van der Waals surface area contributed by atoms with E-state index in [2.05, 4.69) is 4.99 Å². The molecule has 4 aromatic rings. The van der Waals surface area contributed by atoms with Crippen molar-refractivity contribution in [3.8, 4) is 17.2 Å². The number of para-hydroxylation sites is 2. The second kappa shape index (κ2) is 16.0. The van der Waals surface area contributed by atoms with Crippen molar-refractivity contribution in [1.82, 2.24) is 0 Å². The van der Waals surface area contributed by atoms with E-state index in [0.29, 0.717) is 22.5 Å². The van der Waals surface area contributed by atoms with Crippen molar-refractivity contribution >= 4 is 87.2 Å². The summed E-state index contributed by atoms with van der Waals surface area (Å²) in [4.78, 5) is 6.23. The van der Waals surface area contributed by atoms with Crippen LogP contribution in [0.25, 0.3) is 0 Å². The molecule has 0 aliphatic carbocycles. The summed E-state index contributed by atoms with van der Waals surface area (Å²) >= 11 is 36.5. The smallest absolute Gasteiger partial charge is 0.871 e. The SMILES string of the molecule is CO.[Co+3].[O-]c1c(Cl)cc(Cl)cc1C=Nc1ccccc1N(Cc1cc(Cl)cc(Cl)c1[O-])Cc1cc(Cl)cc(Cl)c1[O-]. The quantitative estimate of drug-likeness (QED) is 0.201.